The summed E-state index contributed by atoms with van der Waals surface area (Å²) in [7, 11) is 0. The number of aromatic nitrogens is 2. The maximum atomic E-state index is 13.0. The number of likely N-dealkylation sites (tertiary alicyclic amines) is 1. The molecule has 1 aliphatic heterocycles. The van der Waals surface area contributed by atoms with Crippen LogP contribution >= 0.6 is 0 Å². The monoisotopic (exact) mass is 340 g/mol. The number of benzene rings is 1. The second-order valence-corrected chi connectivity index (χ2v) is 6.65. The molecule has 1 fully saturated rings. The van der Waals surface area contributed by atoms with Gasteiger partial charge in [-0.05, 0) is 32.3 Å². The van der Waals surface area contributed by atoms with E-state index in [1.54, 1.807) is 15.8 Å². The van der Waals surface area contributed by atoms with Crippen LogP contribution in [-0.4, -0.2) is 33.0 Å². The molecule has 25 heavy (non-hydrogen) atoms. The molecule has 1 aromatic heterocycles. The fourth-order valence-electron chi connectivity index (χ4n) is 3.10. The molecule has 0 aliphatic carbocycles. The first-order valence-electron chi connectivity index (χ1n) is 8.75. The molecule has 6 heteroatoms. The van der Waals surface area contributed by atoms with E-state index in [0.29, 0.717) is 18.7 Å². The SMILES string of the molecule is CC(C)n1cc(NC(=O)C(c2ccccc2)N2CCCCC2=O)cn1. The Bertz CT molecular complexity index is 739. The third-order valence-corrected chi connectivity index (χ3v) is 4.43. The zero-order valence-corrected chi connectivity index (χ0v) is 14.7. The number of nitrogens with one attached hydrogen (secondary N) is 1. The van der Waals surface area contributed by atoms with Crippen LogP contribution in [0.1, 0.15) is 50.8 Å². The van der Waals surface area contributed by atoms with E-state index < -0.39 is 6.04 Å². The molecule has 0 spiro atoms. The fourth-order valence-corrected chi connectivity index (χ4v) is 3.10. The minimum atomic E-state index is -0.614. The van der Waals surface area contributed by atoms with Gasteiger partial charge in [-0.3, -0.25) is 14.3 Å². The van der Waals surface area contributed by atoms with E-state index in [1.807, 2.05) is 50.4 Å². The highest BCUT2D eigenvalue weighted by molar-refractivity contribution is 5.97. The molecule has 1 aromatic carbocycles. The van der Waals surface area contributed by atoms with Crippen molar-refractivity contribution in [3.63, 3.8) is 0 Å². The van der Waals surface area contributed by atoms with Crippen LogP contribution in [0.5, 0.6) is 0 Å². The number of anilines is 1. The van der Waals surface area contributed by atoms with Crippen molar-refractivity contribution < 1.29 is 9.59 Å². The summed E-state index contributed by atoms with van der Waals surface area (Å²) in [5.74, 6) is -0.169. The van der Waals surface area contributed by atoms with Crippen molar-refractivity contribution in [2.45, 2.75) is 45.2 Å². The Morgan fingerprint density at radius 1 is 1.20 bits per heavy atom. The normalized spacial score (nSPS) is 16.1. The maximum Gasteiger partial charge on any atom is 0.251 e. The molecule has 0 radical (unpaired) electrons. The number of piperidine rings is 1. The molecule has 1 unspecified atom stereocenters. The highest BCUT2D eigenvalue weighted by Crippen LogP contribution is 2.27. The molecule has 1 atom stereocenters. The zero-order chi connectivity index (χ0) is 17.8. The van der Waals surface area contributed by atoms with E-state index in [4.69, 9.17) is 0 Å². The van der Waals surface area contributed by atoms with Gasteiger partial charge in [-0.2, -0.15) is 5.10 Å². The lowest BCUT2D eigenvalue weighted by Crippen LogP contribution is -2.43. The van der Waals surface area contributed by atoms with Gasteiger partial charge in [0.2, 0.25) is 5.91 Å². The van der Waals surface area contributed by atoms with Gasteiger partial charge in [0.25, 0.3) is 5.91 Å². The standard InChI is InChI=1S/C19H24N4O2/c1-14(2)23-13-16(12-20-23)21-19(25)18(15-8-4-3-5-9-15)22-11-7-6-10-17(22)24/h3-5,8-9,12-14,18H,6-7,10-11H2,1-2H3,(H,21,25). The Morgan fingerprint density at radius 2 is 1.96 bits per heavy atom. The van der Waals surface area contributed by atoms with E-state index in [9.17, 15) is 9.59 Å². The third kappa shape index (κ3) is 3.90. The van der Waals surface area contributed by atoms with Crippen molar-refractivity contribution in [2.24, 2.45) is 0 Å². The lowest BCUT2D eigenvalue weighted by atomic mass is 10.0. The minimum absolute atomic E-state index is 0.0353. The van der Waals surface area contributed by atoms with Crippen molar-refractivity contribution in [1.82, 2.24) is 14.7 Å². The van der Waals surface area contributed by atoms with Gasteiger partial charge in [0, 0.05) is 25.2 Å². The predicted molar refractivity (Wildman–Crippen MR) is 96.0 cm³/mol. The number of rotatable bonds is 5. The number of carbonyl (C=O) groups excluding carboxylic acids is 2. The minimum Gasteiger partial charge on any atom is -0.327 e. The van der Waals surface area contributed by atoms with Crippen molar-refractivity contribution in [2.75, 3.05) is 11.9 Å². The zero-order valence-electron chi connectivity index (χ0n) is 14.7. The maximum absolute atomic E-state index is 13.0. The van der Waals surface area contributed by atoms with Crippen LogP contribution in [0.25, 0.3) is 0 Å². The van der Waals surface area contributed by atoms with Crippen molar-refractivity contribution in [3.05, 3.63) is 48.3 Å². The Morgan fingerprint density at radius 3 is 2.60 bits per heavy atom. The molecular weight excluding hydrogens is 316 g/mol. The number of amides is 2. The van der Waals surface area contributed by atoms with Crippen LogP contribution in [0, 0.1) is 0 Å². The van der Waals surface area contributed by atoms with Gasteiger partial charge in [0.15, 0.2) is 0 Å². The third-order valence-electron chi connectivity index (χ3n) is 4.43. The molecule has 0 bridgehead atoms. The molecule has 1 saturated heterocycles. The van der Waals surface area contributed by atoms with Crippen LogP contribution in [0.15, 0.2) is 42.7 Å². The predicted octanol–water partition coefficient (Wildman–Crippen LogP) is 3.16. The van der Waals surface area contributed by atoms with Gasteiger partial charge in [-0.1, -0.05) is 30.3 Å². The molecule has 0 saturated carbocycles. The first kappa shape index (κ1) is 17.2. The summed E-state index contributed by atoms with van der Waals surface area (Å²) in [6, 6.07) is 9.08. The molecule has 2 heterocycles. The van der Waals surface area contributed by atoms with E-state index in [1.165, 1.54) is 0 Å². The average molecular weight is 340 g/mol. The van der Waals surface area contributed by atoms with E-state index >= 15 is 0 Å². The summed E-state index contributed by atoms with van der Waals surface area (Å²) in [5.41, 5.74) is 1.47. The summed E-state index contributed by atoms with van der Waals surface area (Å²) in [4.78, 5) is 27.1. The molecule has 2 amide bonds. The highest BCUT2D eigenvalue weighted by Gasteiger charge is 2.32. The lowest BCUT2D eigenvalue weighted by molar-refractivity contribution is -0.141. The molecule has 132 valence electrons. The van der Waals surface area contributed by atoms with Gasteiger partial charge in [-0.15, -0.1) is 0 Å². The largest absolute Gasteiger partial charge is 0.327 e. The first-order valence-corrected chi connectivity index (χ1v) is 8.75. The number of hydrogen-bond donors (Lipinski definition) is 1. The van der Waals surface area contributed by atoms with Gasteiger partial charge >= 0.3 is 0 Å². The number of hydrogen-bond acceptors (Lipinski definition) is 3. The van der Waals surface area contributed by atoms with Gasteiger partial charge in [0.1, 0.15) is 6.04 Å². The quantitative estimate of drug-likeness (QED) is 0.909. The summed E-state index contributed by atoms with van der Waals surface area (Å²) in [6.07, 6.45) is 5.76. The summed E-state index contributed by atoms with van der Waals surface area (Å²) >= 11 is 0. The van der Waals surface area contributed by atoms with Gasteiger partial charge < -0.3 is 10.2 Å². The van der Waals surface area contributed by atoms with Gasteiger partial charge in [-0.25, -0.2) is 0 Å². The average Bonchev–Trinajstić information content (AvgIpc) is 3.07. The van der Waals surface area contributed by atoms with E-state index in [0.717, 1.165) is 18.4 Å². The smallest absolute Gasteiger partial charge is 0.251 e. The van der Waals surface area contributed by atoms with Crippen LogP contribution in [0.2, 0.25) is 0 Å². The van der Waals surface area contributed by atoms with Crippen molar-refractivity contribution in [1.29, 1.82) is 0 Å². The van der Waals surface area contributed by atoms with Crippen LogP contribution in [0.4, 0.5) is 5.69 Å². The summed E-state index contributed by atoms with van der Waals surface area (Å²) in [6.45, 7) is 4.66. The number of nitrogens with zero attached hydrogens (tertiary/aromatic N) is 3. The Labute approximate surface area is 147 Å². The van der Waals surface area contributed by atoms with Crippen molar-refractivity contribution >= 4 is 17.5 Å². The van der Waals surface area contributed by atoms with Crippen LogP contribution < -0.4 is 5.32 Å². The second-order valence-electron chi connectivity index (χ2n) is 6.65. The van der Waals surface area contributed by atoms with Gasteiger partial charge in [0.05, 0.1) is 11.9 Å². The van der Waals surface area contributed by atoms with Crippen LogP contribution in [0.3, 0.4) is 0 Å². The van der Waals surface area contributed by atoms with E-state index in [-0.39, 0.29) is 17.9 Å². The Kier molecular flexibility index (Phi) is 5.16. The molecule has 1 aliphatic rings. The molecule has 6 nitrogen and oxygen atoms in total. The molecule has 2 aromatic rings. The lowest BCUT2D eigenvalue weighted by Gasteiger charge is -2.34. The highest BCUT2D eigenvalue weighted by atomic mass is 16.2. The fraction of sp³-hybridized carbons (Fsp3) is 0.421. The summed E-state index contributed by atoms with van der Waals surface area (Å²) in [5, 5.41) is 7.17. The van der Waals surface area contributed by atoms with E-state index in [2.05, 4.69) is 10.4 Å². The van der Waals surface area contributed by atoms with Crippen LogP contribution in [-0.2, 0) is 9.59 Å². The Hall–Kier alpha value is -2.63. The Balaban J connectivity index is 1.85. The first-order chi connectivity index (χ1) is 12.1. The number of carbonyl (C=O) groups is 2. The molecule has 3 rings (SSSR count). The molecule has 1 N–H and O–H groups in total. The van der Waals surface area contributed by atoms with Crippen molar-refractivity contribution in [3.8, 4) is 0 Å². The summed E-state index contributed by atoms with van der Waals surface area (Å²) < 4.78 is 1.79. The molecular formula is C19H24N4O2. The topological polar surface area (TPSA) is 67.2 Å². The second kappa shape index (κ2) is 7.51.